The normalized spacial score (nSPS) is 12.2. The van der Waals surface area contributed by atoms with E-state index < -0.39 is 26.5 Å². The van der Waals surface area contributed by atoms with Gasteiger partial charge in [-0.1, -0.05) is 0 Å². The number of nitrogens with two attached hydrogens (primary N) is 5. The number of rotatable bonds is 12. The third-order valence-electron chi connectivity index (χ3n) is 7.62. The Kier molecular flexibility index (Phi) is 11.4. The zero-order chi connectivity index (χ0) is 40.0. The fourth-order valence-electron chi connectivity index (χ4n) is 4.95. The van der Waals surface area contributed by atoms with Gasteiger partial charge in [0, 0.05) is 11.4 Å². The van der Waals surface area contributed by atoms with Gasteiger partial charge in [-0.2, -0.15) is 24.8 Å². The minimum absolute atomic E-state index is 0.000417. The maximum atomic E-state index is 12.4. The van der Waals surface area contributed by atoms with Crippen molar-refractivity contribution in [2.24, 2.45) is 40.9 Å². The molecule has 0 saturated heterocycles. The first-order chi connectivity index (χ1) is 26.8. The minimum atomic E-state index is -5.26. The fourth-order valence-corrected chi connectivity index (χ4v) is 6.11. The number of benzene rings is 6. The van der Waals surface area contributed by atoms with Gasteiger partial charge in [0.2, 0.25) is 0 Å². The molecule has 284 valence electrons. The highest BCUT2D eigenvalue weighted by Gasteiger charge is 2.23. The average Bonchev–Trinajstić information content (AvgIpc) is 3.16. The van der Waals surface area contributed by atoms with Crippen molar-refractivity contribution in [1.82, 2.24) is 0 Å². The summed E-state index contributed by atoms with van der Waals surface area (Å²) in [5, 5.41) is 58.1. The summed E-state index contributed by atoms with van der Waals surface area (Å²) in [6.07, 6.45) is 0. The lowest BCUT2D eigenvalue weighted by Gasteiger charge is -2.17. The van der Waals surface area contributed by atoms with Crippen molar-refractivity contribution in [2.75, 3.05) is 28.7 Å². The van der Waals surface area contributed by atoms with Crippen molar-refractivity contribution in [2.45, 2.75) is 9.79 Å². The monoisotopic (exact) mass is 793 g/mol. The fraction of sp³-hybridized carbons (Fsp3) is 0. The number of azo groups is 4. The van der Waals surface area contributed by atoms with Crippen LogP contribution in [0.3, 0.4) is 0 Å². The molecule has 0 aliphatic heterocycles. The summed E-state index contributed by atoms with van der Waals surface area (Å²) in [4.78, 5) is -0.916. The second kappa shape index (κ2) is 16.5. The van der Waals surface area contributed by atoms with Crippen molar-refractivity contribution < 1.29 is 32.7 Å². The Morgan fingerprint density at radius 1 is 0.589 bits per heavy atom. The van der Waals surface area contributed by atoms with E-state index in [1.807, 2.05) is 0 Å². The molecule has 0 amide bonds. The number of hydrogen-bond donors (Lipinski definition) is 6. The van der Waals surface area contributed by atoms with Gasteiger partial charge in [-0.3, -0.25) is 5.04 Å². The molecule has 20 nitrogen and oxygen atoms in total. The molecule has 22 heteroatoms. The van der Waals surface area contributed by atoms with Crippen LogP contribution in [0.25, 0.3) is 10.8 Å². The van der Waals surface area contributed by atoms with Crippen LogP contribution in [-0.2, 0) is 19.5 Å². The lowest BCUT2D eigenvalue weighted by Crippen LogP contribution is -2.02. The molecule has 0 saturated carbocycles. The van der Waals surface area contributed by atoms with Gasteiger partial charge in [0.25, 0.3) is 0 Å². The number of aromatic hydroxyl groups is 1. The summed E-state index contributed by atoms with van der Waals surface area (Å²) < 4.78 is 41.6. The summed E-state index contributed by atoms with van der Waals surface area (Å²) in [5.41, 5.74) is 32.5. The Bertz CT molecular complexity index is 2680. The van der Waals surface area contributed by atoms with Gasteiger partial charge in [-0.25, -0.2) is 8.42 Å². The molecule has 0 aromatic heterocycles. The van der Waals surface area contributed by atoms with Crippen molar-refractivity contribution in [3.8, 4) is 5.75 Å². The molecule has 6 aromatic carbocycles. The second-order valence-corrected chi connectivity index (χ2v) is 13.5. The van der Waals surface area contributed by atoms with Gasteiger partial charge < -0.3 is 43.6 Å². The Morgan fingerprint density at radius 3 is 1.46 bits per heavy atom. The van der Waals surface area contributed by atoms with Crippen molar-refractivity contribution in [3.05, 3.63) is 97.1 Å². The van der Waals surface area contributed by atoms with Crippen LogP contribution in [0.1, 0.15) is 0 Å². The lowest BCUT2D eigenvalue weighted by molar-refractivity contribution is -0.777. The Hall–Kier alpha value is -7.08. The average molecular weight is 794 g/mol. The summed E-state index contributed by atoms with van der Waals surface area (Å²) in [7, 11) is -5.26. The molecule has 0 spiro atoms. The molecule has 0 aliphatic rings. The smallest absolute Gasteiger partial charge is 0.154 e. The quantitative estimate of drug-likeness (QED) is 0.0170. The predicted octanol–water partition coefficient (Wildman–Crippen LogP) is 8.25. The van der Waals surface area contributed by atoms with Gasteiger partial charge in [-0.15, -0.1) is 20.5 Å². The van der Waals surface area contributed by atoms with Gasteiger partial charge in [0.1, 0.15) is 32.9 Å². The van der Waals surface area contributed by atoms with Crippen LogP contribution >= 0.6 is 12.0 Å². The van der Waals surface area contributed by atoms with E-state index in [9.17, 15) is 23.3 Å². The Balaban J connectivity index is 1.32. The molecule has 0 aliphatic carbocycles. The lowest BCUT2D eigenvalue weighted by atomic mass is 10.1. The molecule has 0 unspecified atom stereocenters. The summed E-state index contributed by atoms with van der Waals surface area (Å²) in [6.45, 7) is 0. The van der Waals surface area contributed by atoms with Gasteiger partial charge in [-0.05, 0) is 102 Å². The third kappa shape index (κ3) is 8.99. The zero-order valence-electron chi connectivity index (χ0n) is 28.4. The largest absolute Gasteiger partial charge is 0.744 e. The summed E-state index contributed by atoms with van der Waals surface area (Å²) in [5.74, 6) is -0.810. The molecular weight excluding hydrogens is 767 g/mol. The first-order valence-corrected chi connectivity index (χ1v) is 17.8. The van der Waals surface area contributed by atoms with E-state index >= 15 is 0 Å². The van der Waals surface area contributed by atoms with E-state index in [0.717, 1.165) is 6.07 Å². The van der Waals surface area contributed by atoms with Crippen LogP contribution in [0.5, 0.6) is 5.75 Å². The number of anilines is 5. The highest BCUT2D eigenvalue weighted by Crippen LogP contribution is 2.49. The van der Waals surface area contributed by atoms with Crippen LogP contribution in [0, 0.1) is 0 Å². The first-order valence-electron chi connectivity index (χ1n) is 15.7. The predicted molar refractivity (Wildman–Crippen MR) is 206 cm³/mol. The number of fused-ring (bicyclic) bond motifs is 1. The molecule has 0 bridgehead atoms. The van der Waals surface area contributed by atoms with Crippen LogP contribution < -0.4 is 33.9 Å². The van der Waals surface area contributed by atoms with Gasteiger partial charge in [0.15, 0.2) is 5.75 Å². The number of phenolic OH excluding ortho intramolecular Hbond substituents is 1. The molecular formula is C34H27N13O7S2-2. The van der Waals surface area contributed by atoms with Crippen LogP contribution in [0.2, 0.25) is 0 Å². The molecule has 0 fully saturated rings. The maximum Gasteiger partial charge on any atom is 0.154 e. The molecule has 0 heterocycles. The van der Waals surface area contributed by atoms with E-state index in [-0.39, 0.29) is 32.7 Å². The SMILES string of the molecule is Nc1ccc(N=Nc2ccc(N=Nc3c(SOO[O-])cc4cc(S(=O)(=O)[O-])c(N=Nc5ccc(N=Nc6ccc(N)cc6N)cc5)c(O)c4c3N)cc2)c(N)c1. The minimum Gasteiger partial charge on any atom is -0.744 e. The standard InChI is InChI=1S/C34H29N13O7S2/c35-18-1-11-26(24(37)15-18)44-40-20-3-7-22(8-4-20)42-46-32-28(55-54-53-49)13-17-14-29(56(50,51)52)33(34(48)30(17)31(32)39)47-43-23-9-5-21(6-10-23)41-45-27-12-2-19(36)16-25(27)38/h1-16,48-49H,35-39H2,(H,50,51,52)/p-2. The van der Waals surface area contributed by atoms with E-state index in [4.69, 9.17) is 28.7 Å². The van der Waals surface area contributed by atoms with Crippen molar-refractivity contribution in [3.63, 3.8) is 0 Å². The highest BCUT2D eigenvalue weighted by molar-refractivity contribution is 7.94. The number of hydrogen-bond acceptors (Lipinski definition) is 21. The van der Waals surface area contributed by atoms with Gasteiger partial charge >= 0.3 is 0 Å². The van der Waals surface area contributed by atoms with E-state index in [1.165, 1.54) is 30.3 Å². The second-order valence-electron chi connectivity index (χ2n) is 11.4. The van der Waals surface area contributed by atoms with Crippen LogP contribution in [-0.4, -0.2) is 18.1 Å². The van der Waals surface area contributed by atoms with E-state index in [2.05, 4.69) is 50.3 Å². The summed E-state index contributed by atoms with van der Waals surface area (Å²) >= 11 is 0.365. The maximum absolute atomic E-state index is 12.4. The highest BCUT2D eigenvalue weighted by atomic mass is 32.2. The van der Waals surface area contributed by atoms with Crippen molar-refractivity contribution >= 4 is 107 Å². The molecule has 56 heavy (non-hydrogen) atoms. The topological polar surface area (TPSA) is 348 Å². The van der Waals surface area contributed by atoms with Crippen LogP contribution in [0.15, 0.2) is 148 Å². The summed E-state index contributed by atoms with van der Waals surface area (Å²) in [6, 6.07) is 24.2. The number of phenols is 1. The van der Waals surface area contributed by atoms with E-state index in [0.29, 0.717) is 63.2 Å². The molecule has 0 radical (unpaired) electrons. The number of nitrogens with zero attached hydrogens (tertiary/aromatic N) is 8. The molecule has 0 atom stereocenters. The Morgan fingerprint density at radius 2 is 1.04 bits per heavy atom. The first kappa shape index (κ1) is 38.6. The third-order valence-corrected chi connectivity index (χ3v) is 9.08. The van der Waals surface area contributed by atoms with Crippen molar-refractivity contribution in [1.29, 1.82) is 0 Å². The molecule has 6 aromatic rings. The van der Waals surface area contributed by atoms with E-state index in [1.54, 1.807) is 60.7 Å². The van der Waals surface area contributed by atoms with Crippen LogP contribution in [0.4, 0.5) is 73.9 Å². The van der Waals surface area contributed by atoms with Gasteiger partial charge in [0.05, 0.1) is 67.0 Å². The Labute approximate surface area is 320 Å². The molecule has 6 rings (SSSR count). The zero-order valence-corrected chi connectivity index (χ0v) is 30.0. The number of nitrogen functional groups attached to an aromatic ring is 5. The molecule has 11 N–H and O–H groups in total.